The van der Waals surface area contributed by atoms with E-state index in [0.717, 1.165) is 11.3 Å². The van der Waals surface area contributed by atoms with E-state index >= 15 is 0 Å². The Kier molecular flexibility index (Phi) is 6.55. The number of hydrogen-bond donors (Lipinski definition) is 1. The van der Waals surface area contributed by atoms with Crippen LogP contribution in [0.5, 0.6) is 5.75 Å². The van der Waals surface area contributed by atoms with E-state index in [9.17, 15) is 9.59 Å². The van der Waals surface area contributed by atoms with Crippen LogP contribution in [-0.4, -0.2) is 37.4 Å². The van der Waals surface area contributed by atoms with Gasteiger partial charge in [0.25, 0.3) is 0 Å². The number of amides is 1. The maximum Gasteiger partial charge on any atom is 0.300 e. The zero-order chi connectivity index (χ0) is 22.5. The van der Waals surface area contributed by atoms with E-state index in [4.69, 9.17) is 4.74 Å². The van der Waals surface area contributed by atoms with Crippen LogP contribution in [-0.2, 0) is 11.3 Å². The van der Waals surface area contributed by atoms with Gasteiger partial charge in [0.05, 0.1) is 12.4 Å². The molecule has 4 rings (SSSR count). The summed E-state index contributed by atoms with van der Waals surface area (Å²) in [7, 11) is 0. The van der Waals surface area contributed by atoms with Gasteiger partial charge in [-0.3, -0.25) is 18.6 Å². The predicted octanol–water partition coefficient (Wildman–Crippen LogP) is 3.00. The number of ether oxygens (including phenoxy) is 1. The minimum atomic E-state index is -0.292. The first kappa shape index (κ1) is 21.6. The highest BCUT2D eigenvalue weighted by Gasteiger charge is 2.13. The molecule has 0 aliphatic rings. The number of aromatic nitrogens is 4. The Morgan fingerprint density at radius 1 is 1.06 bits per heavy atom. The molecule has 0 saturated carbocycles. The quantitative estimate of drug-likeness (QED) is 0.416. The van der Waals surface area contributed by atoms with Crippen LogP contribution < -0.4 is 15.6 Å². The van der Waals surface area contributed by atoms with Crippen molar-refractivity contribution in [3.63, 3.8) is 0 Å². The van der Waals surface area contributed by atoms with Gasteiger partial charge < -0.3 is 10.1 Å². The molecule has 0 unspecified atom stereocenters. The van der Waals surface area contributed by atoms with Crippen molar-refractivity contribution in [2.45, 2.75) is 25.5 Å². The SMILES string of the molecule is CCOc1ccc(-n2ccn3c(SCC(=O)NCc4ccc(C)cc4)nnc3c2=O)cc1. The molecule has 4 aromatic rings. The van der Waals surface area contributed by atoms with Crippen molar-refractivity contribution >= 4 is 23.3 Å². The van der Waals surface area contributed by atoms with Crippen molar-refractivity contribution in [1.29, 1.82) is 0 Å². The highest BCUT2D eigenvalue weighted by molar-refractivity contribution is 7.99. The molecular formula is C23H23N5O3S. The molecule has 0 fully saturated rings. The molecule has 0 aliphatic heterocycles. The predicted molar refractivity (Wildman–Crippen MR) is 124 cm³/mol. The minimum absolute atomic E-state index is 0.116. The molecule has 2 aromatic heterocycles. The Morgan fingerprint density at radius 3 is 2.53 bits per heavy atom. The number of benzene rings is 2. The summed E-state index contributed by atoms with van der Waals surface area (Å²) < 4.78 is 8.55. The third kappa shape index (κ3) is 4.83. The molecule has 0 radical (unpaired) electrons. The first-order valence-electron chi connectivity index (χ1n) is 10.2. The molecule has 0 aliphatic carbocycles. The number of thioether (sulfide) groups is 1. The summed E-state index contributed by atoms with van der Waals surface area (Å²) in [6.07, 6.45) is 3.38. The first-order chi connectivity index (χ1) is 15.5. The Hall–Kier alpha value is -3.59. The summed E-state index contributed by atoms with van der Waals surface area (Å²) in [4.78, 5) is 25.1. The highest BCUT2D eigenvalue weighted by atomic mass is 32.2. The second kappa shape index (κ2) is 9.69. The zero-order valence-corrected chi connectivity index (χ0v) is 18.6. The molecule has 0 atom stereocenters. The molecule has 0 saturated heterocycles. The maximum atomic E-state index is 12.9. The summed E-state index contributed by atoms with van der Waals surface area (Å²) in [6, 6.07) is 15.3. The number of fused-ring (bicyclic) bond motifs is 1. The summed E-state index contributed by atoms with van der Waals surface area (Å²) >= 11 is 1.23. The van der Waals surface area contributed by atoms with Crippen LogP contribution in [0.4, 0.5) is 0 Å². The molecule has 1 N–H and O–H groups in total. The van der Waals surface area contributed by atoms with E-state index in [-0.39, 0.29) is 22.9 Å². The Balaban J connectivity index is 1.43. The van der Waals surface area contributed by atoms with Crippen molar-refractivity contribution in [3.8, 4) is 11.4 Å². The molecule has 164 valence electrons. The van der Waals surface area contributed by atoms with Gasteiger partial charge in [0.2, 0.25) is 11.6 Å². The van der Waals surface area contributed by atoms with Crippen molar-refractivity contribution in [1.82, 2.24) is 24.5 Å². The van der Waals surface area contributed by atoms with E-state index in [2.05, 4.69) is 15.5 Å². The monoisotopic (exact) mass is 449 g/mol. The minimum Gasteiger partial charge on any atom is -0.494 e. The molecule has 32 heavy (non-hydrogen) atoms. The first-order valence-corrected chi connectivity index (χ1v) is 11.2. The largest absolute Gasteiger partial charge is 0.494 e. The van der Waals surface area contributed by atoms with Gasteiger partial charge in [-0.1, -0.05) is 41.6 Å². The second-order valence-corrected chi connectivity index (χ2v) is 8.07. The van der Waals surface area contributed by atoms with Crippen LogP contribution in [0.15, 0.2) is 70.9 Å². The lowest BCUT2D eigenvalue weighted by atomic mass is 10.1. The van der Waals surface area contributed by atoms with Gasteiger partial charge >= 0.3 is 5.56 Å². The van der Waals surface area contributed by atoms with Crippen molar-refractivity contribution < 1.29 is 9.53 Å². The second-order valence-electron chi connectivity index (χ2n) is 7.13. The molecular weight excluding hydrogens is 426 g/mol. The lowest BCUT2D eigenvalue weighted by Gasteiger charge is -2.08. The van der Waals surface area contributed by atoms with Gasteiger partial charge in [-0.05, 0) is 43.7 Å². The average molecular weight is 450 g/mol. The van der Waals surface area contributed by atoms with Gasteiger partial charge in [0.15, 0.2) is 5.16 Å². The molecule has 2 aromatic carbocycles. The molecule has 0 bridgehead atoms. The number of nitrogens with zero attached hydrogens (tertiary/aromatic N) is 4. The molecule has 2 heterocycles. The van der Waals surface area contributed by atoms with Crippen molar-refractivity contribution in [2.24, 2.45) is 0 Å². The zero-order valence-electron chi connectivity index (χ0n) is 17.8. The van der Waals surface area contributed by atoms with Gasteiger partial charge in [0.1, 0.15) is 5.75 Å². The standard InChI is InChI=1S/C23H23N5O3S/c1-3-31-19-10-8-18(9-11-19)27-12-13-28-21(22(27)30)25-26-23(28)32-15-20(29)24-14-17-6-4-16(2)5-7-17/h4-13H,3,14-15H2,1-2H3,(H,24,29). The maximum absolute atomic E-state index is 12.9. The molecule has 0 spiro atoms. The summed E-state index contributed by atoms with van der Waals surface area (Å²) in [6.45, 7) is 4.98. The van der Waals surface area contributed by atoms with Crippen LogP contribution in [0.25, 0.3) is 11.3 Å². The molecule has 9 heteroatoms. The van der Waals surface area contributed by atoms with Gasteiger partial charge in [-0.15, -0.1) is 10.2 Å². The van der Waals surface area contributed by atoms with Gasteiger partial charge in [0, 0.05) is 24.6 Å². The Labute approximate surface area is 189 Å². The van der Waals surface area contributed by atoms with E-state index in [1.54, 1.807) is 16.8 Å². The Morgan fingerprint density at radius 2 is 1.81 bits per heavy atom. The number of aryl methyl sites for hydroxylation is 1. The number of nitrogens with one attached hydrogen (secondary N) is 1. The van der Waals surface area contributed by atoms with Crippen molar-refractivity contribution in [2.75, 3.05) is 12.4 Å². The third-order valence-corrected chi connectivity index (χ3v) is 5.75. The summed E-state index contributed by atoms with van der Waals surface area (Å²) in [5, 5.41) is 11.5. The van der Waals surface area contributed by atoms with Crippen LogP contribution in [0, 0.1) is 6.92 Å². The van der Waals surface area contributed by atoms with E-state index in [0.29, 0.717) is 24.0 Å². The number of carbonyl (C=O) groups excluding carboxylic acids is 1. The number of hydrogen-bond acceptors (Lipinski definition) is 6. The summed E-state index contributed by atoms with van der Waals surface area (Å²) in [5.74, 6) is 0.802. The Bertz CT molecular complexity index is 1280. The molecule has 1 amide bonds. The lowest BCUT2D eigenvalue weighted by Crippen LogP contribution is -2.24. The lowest BCUT2D eigenvalue weighted by molar-refractivity contribution is -0.118. The summed E-state index contributed by atoms with van der Waals surface area (Å²) in [5.41, 5.74) is 2.82. The number of carbonyl (C=O) groups is 1. The van der Waals surface area contributed by atoms with Crippen LogP contribution in [0.1, 0.15) is 18.1 Å². The fourth-order valence-corrected chi connectivity index (χ4v) is 3.87. The van der Waals surface area contributed by atoms with Crippen LogP contribution in [0.3, 0.4) is 0 Å². The fraction of sp³-hybridized carbons (Fsp3) is 0.217. The van der Waals surface area contributed by atoms with Crippen LogP contribution >= 0.6 is 11.8 Å². The average Bonchev–Trinajstić information content (AvgIpc) is 3.22. The number of rotatable bonds is 8. The smallest absolute Gasteiger partial charge is 0.300 e. The topological polar surface area (TPSA) is 90.5 Å². The highest BCUT2D eigenvalue weighted by Crippen LogP contribution is 2.17. The van der Waals surface area contributed by atoms with Crippen molar-refractivity contribution in [3.05, 3.63) is 82.4 Å². The fourth-order valence-electron chi connectivity index (χ4n) is 3.13. The third-order valence-electron chi connectivity index (χ3n) is 4.81. The van der Waals surface area contributed by atoms with Gasteiger partial charge in [-0.2, -0.15) is 0 Å². The van der Waals surface area contributed by atoms with E-state index in [1.165, 1.54) is 21.9 Å². The van der Waals surface area contributed by atoms with E-state index in [1.807, 2.05) is 62.4 Å². The molecule has 8 nitrogen and oxygen atoms in total. The van der Waals surface area contributed by atoms with Gasteiger partial charge in [-0.25, -0.2) is 0 Å². The van der Waals surface area contributed by atoms with Crippen LogP contribution in [0.2, 0.25) is 0 Å². The normalized spacial score (nSPS) is 10.9. The van der Waals surface area contributed by atoms with E-state index < -0.39 is 0 Å².